The number of nitrogens with one attached hydrogen (secondary N) is 2. The normalized spacial score (nSPS) is 25.7. The van der Waals surface area contributed by atoms with Gasteiger partial charge in [-0.3, -0.25) is 0 Å². The van der Waals surface area contributed by atoms with E-state index in [1.54, 1.807) is 0 Å². The number of rotatable bonds is 5. The van der Waals surface area contributed by atoms with Gasteiger partial charge < -0.3 is 15.7 Å². The van der Waals surface area contributed by atoms with Gasteiger partial charge in [-0.25, -0.2) is 9.97 Å². The molecule has 0 unspecified atom stereocenters. The van der Waals surface area contributed by atoms with E-state index in [1.807, 2.05) is 7.05 Å². The van der Waals surface area contributed by atoms with E-state index in [4.69, 9.17) is 4.98 Å². The Kier molecular flexibility index (Phi) is 4.29. The van der Waals surface area contributed by atoms with Gasteiger partial charge in [0, 0.05) is 25.1 Å². The molecule has 1 aromatic rings. The SMILES string of the molecule is CNc1nc(C2CC2)nc(NCC2CCC(O)CC2)c1C. The minimum atomic E-state index is -0.0839. The van der Waals surface area contributed by atoms with Gasteiger partial charge in [0.1, 0.15) is 17.5 Å². The number of hydrogen-bond acceptors (Lipinski definition) is 5. The van der Waals surface area contributed by atoms with Crippen molar-refractivity contribution >= 4 is 11.6 Å². The summed E-state index contributed by atoms with van der Waals surface area (Å²) in [5, 5.41) is 16.3. The Labute approximate surface area is 126 Å². The highest BCUT2D eigenvalue weighted by Gasteiger charge is 2.28. The van der Waals surface area contributed by atoms with Crippen LogP contribution in [0, 0.1) is 12.8 Å². The van der Waals surface area contributed by atoms with Crippen LogP contribution in [0.1, 0.15) is 55.8 Å². The zero-order valence-electron chi connectivity index (χ0n) is 13.0. The van der Waals surface area contributed by atoms with Crippen molar-refractivity contribution in [2.75, 3.05) is 24.2 Å². The number of hydrogen-bond donors (Lipinski definition) is 3. The van der Waals surface area contributed by atoms with Crippen LogP contribution in [-0.2, 0) is 0 Å². The molecule has 21 heavy (non-hydrogen) atoms. The first-order chi connectivity index (χ1) is 10.2. The first-order valence-electron chi connectivity index (χ1n) is 8.15. The average molecular weight is 290 g/mol. The van der Waals surface area contributed by atoms with Crippen LogP contribution < -0.4 is 10.6 Å². The minimum Gasteiger partial charge on any atom is -0.393 e. The Balaban J connectivity index is 1.67. The molecule has 116 valence electrons. The summed E-state index contributed by atoms with van der Waals surface area (Å²) in [4.78, 5) is 9.35. The fraction of sp³-hybridized carbons (Fsp3) is 0.750. The highest BCUT2D eigenvalue weighted by atomic mass is 16.3. The van der Waals surface area contributed by atoms with E-state index in [9.17, 15) is 5.11 Å². The molecule has 0 bridgehead atoms. The Morgan fingerprint density at radius 1 is 1.05 bits per heavy atom. The van der Waals surface area contributed by atoms with Gasteiger partial charge in [0.2, 0.25) is 0 Å². The second-order valence-electron chi connectivity index (χ2n) is 6.48. The van der Waals surface area contributed by atoms with Gasteiger partial charge in [-0.2, -0.15) is 0 Å². The predicted octanol–water partition coefficient (Wildman–Crippen LogP) is 2.67. The van der Waals surface area contributed by atoms with Crippen LogP contribution in [0.4, 0.5) is 11.6 Å². The highest BCUT2D eigenvalue weighted by molar-refractivity contribution is 5.57. The van der Waals surface area contributed by atoms with Crippen molar-refractivity contribution in [1.82, 2.24) is 9.97 Å². The lowest BCUT2D eigenvalue weighted by molar-refractivity contribution is 0.111. The molecule has 0 spiro atoms. The summed E-state index contributed by atoms with van der Waals surface area (Å²) in [6, 6.07) is 0. The van der Waals surface area contributed by atoms with E-state index < -0.39 is 0 Å². The first-order valence-corrected chi connectivity index (χ1v) is 8.15. The van der Waals surface area contributed by atoms with Crippen molar-refractivity contribution in [2.45, 2.75) is 57.5 Å². The summed E-state index contributed by atoms with van der Waals surface area (Å²) in [5.74, 6) is 4.09. The van der Waals surface area contributed by atoms with Crippen molar-refractivity contribution in [1.29, 1.82) is 0 Å². The van der Waals surface area contributed by atoms with Gasteiger partial charge in [-0.1, -0.05) is 0 Å². The lowest BCUT2D eigenvalue weighted by Gasteiger charge is -2.26. The highest BCUT2D eigenvalue weighted by Crippen LogP contribution is 2.39. The maximum atomic E-state index is 9.58. The van der Waals surface area contributed by atoms with E-state index in [-0.39, 0.29) is 6.10 Å². The fourth-order valence-electron chi connectivity index (χ4n) is 3.06. The smallest absolute Gasteiger partial charge is 0.136 e. The lowest BCUT2D eigenvalue weighted by Crippen LogP contribution is -2.24. The van der Waals surface area contributed by atoms with Crippen molar-refractivity contribution in [3.63, 3.8) is 0 Å². The van der Waals surface area contributed by atoms with E-state index >= 15 is 0 Å². The molecule has 3 rings (SSSR count). The quantitative estimate of drug-likeness (QED) is 0.778. The fourth-order valence-corrected chi connectivity index (χ4v) is 3.06. The van der Waals surface area contributed by atoms with Crippen LogP contribution in [0.3, 0.4) is 0 Å². The maximum Gasteiger partial charge on any atom is 0.136 e. The molecule has 1 aromatic heterocycles. The Bertz CT molecular complexity index is 493. The van der Waals surface area contributed by atoms with Gasteiger partial charge in [-0.05, 0) is 51.4 Å². The second-order valence-corrected chi connectivity index (χ2v) is 6.48. The topological polar surface area (TPSA) is 70.1 Å². The number of aliphatic hydroxyl groups is 1. The molecule has 0 amide bonds. The van der Waals surface area contributed by atoms with Crippen molar-refractivity contribution in [3.05, 3.63) is 11.4 Å². The van der Waals surface area contributed by atoms with Crippen LogP contribution in [0.15, 0.2) is 0 Å². The van der Waals surface area contributed by atoms with Gasteiger partial charge in [0.25, 0.3) is 0 Å². The summed E-state index contributed by atoms with van der Waals surface area (Å²) in [5.41, 5.74) is 1.10. The average Bonchev–Trinajstić information content (AvgIpc) is 3.32. The molecule has 2 fully saturated rings. The van der Waals surface area contributed by atoms with Crippen LogP contribution >= 0.6 is 0 Å². The summed E-state index contributed by atoms with van der Waals surface area (Å²) in [6.07, 6.45) is 6.42. The zero-order valence-corrected chi connectivity index (χ0v) is 13.0. The van der Waals surface area contributed by atoms with E-state index in [2.05, 4.69) is 22.5 Å². The number of anilines is 2. The summed E-state index contributed by atoms with van der Waals surface area (Å²) in [7, 11) is 1.91. The molecular formula is C16H26N4O. The Morgan fingerprint density at radius 3 is 2.33 bits per heavy atom. The second kappa shape index (κ2) is 6.18. The molecule has 3 N–H and O–H groups in total. The van der Waals surface area contributed by atoms with Crippen molar-refractivity contribution in [2.24, 2.45) is 5.92 Å². The van der Waals surface area contributed by atoms with Crippen LogP contribution in [0.5, 0.6) is 0 Å². The van der Waals surface area contributed by atoms with Crippen molar-refractivity contribution < 1.29 is 5.11 Å². The Hall–Kier alpha value is -1.36. The molecule has 0 atom stereocenters. The molecule has 0 radical (unpaired) electrons. The van der Waals surface area contributed by atoms with E-state index in [0.717, 1.165) is 55.3 Å². The molecule has 2 aliphatic rings. The lowest BCUT2D eigenvalue weighted by atomic mass is 9.87. The van der Waals surface area contributed by atoms with Gasteiger partial charge in [0.05, 0.1) is 6.10 Å². The van der Waals surface area contributed by atoms with E-state index in [1.165, 1.54) is 12.8 Å². The minimum absolute atomic E-state index is 0.0839. The molecular weight excluding hydrogens is 264 g/mol. The van der Waals surface area contributed by atoms with Crippen molar-refractivity contribution in [3.8, 4) is 0 Å². The summed E-state index contributed by atoms with van der Waals surface area (Å²) >= 11 is 0. The molecule has 0 aliphatic heterocycles. The predicted molar refractivity (Wildman–Crippen MR) is 84.7 cm³/mol. The van der Waals surface area contributed by atoms with Gasteiger partial charge >= 0.3 is 0 Å². The molecule has 2 aliphatic carbocycles. The number of aromatic nitrogens is 2. The van der Waals surface area contributed by atoms with Crippen LogP contribution in [0.2, 0.25) is 0 Å². The maximum absolute atomic E-state index is 9.58. The monoisotopic (exact) mass is 290 g/mol. The zero-order chi connectivity index (χ0) is 14.8. The number of aliphatic hydroxyl groups excluding tert-OH is 1. The largest absolute Gasteiger partial charge is 0.393 e. The van der Waals surface area contributed by atoms with Gasteiger partial charge in [-0.15, -0.1) is 0 Å². The van der Waals surface area contributed by atoms with Crippen LogP contribution in [0.25, 0.3) is 0 Å². The molecule has 0 aromatic carbocycles. The third-order valence-electron chi connectivity index (χ3n) is 4.72. The first kappa shape index (κ1) is 14.6. The molecule has 5 nitrogen and oxygen atoms in total. The number of nitrogens with zero attached hydrogens (tertiary/aromatic N) is 2. The summed E-state index contributed by atoms with van der Waals surface area (Å²) in [6.45, 7) is 3.01. The third-order valence-corrected chi connectivity index (χ3v) is 4.72. The molecule has 0 saturated heterocycles. The van der Waals surface area contributed by atoms with Gasteiger partial charge in [0.15, 0.2) is 0 Å². The molecule has 5 heteroatoms. The third kappa shape index (κ3) is 3.46. The Morgan fingerprint density at radius 2 is 1.71 bits per heavy atom. The van der Waals surface area contributed by atoms with E-state index in [0.29, 0.717) is 11.8 Å². The van der Waals surface area contributed by atoms with Crippen LogP contribution in [-0.4, -0.2) is 34.8 Å². The standard InChI is InChI=1S/C16H26N4O/c1-10-14(17-2)19-16(12-5-6-12)20-15(10)18-9-11-3-7-13(21)8-4-11/h11-13,21H,3-9H2,1-2H3,(H2,17,18,19,20). The molecule has 1 heterocycles. The molecule has 2 saturated carbocycles. The summed E-state index contributed by atoms with van der Waals surface area (Å²) < 4.78 is 0.